The summed E-state index contributed by atoms with van der Waals surface area (Å²) in [4.78, 5) is 44.4. The topological polar surface area (TPSA) is 181 Å². The molecule has 0 aliphatic carbocycles. The predicted octanol–water partition coefficient (Wildman–Crippen LogP) is 3.36. The molecule has 0 fully saturated rings. The van der Waals surface area contributed by atoms with Crippen LogP contribution in [0.3, 0.4) is 0 Å². The summed E-state index contributed by atoms with van der Waals surface area (Å²) >= 11 is 0. The van der Waals surface area contributed by atoms with Crippen molar-refractivity contribution >= 4 is 33.7 Å². The number of nitrogens with two attached hydrogens (primary N) is 1. The molecule has 0 saturated heterocycles. The number of carboxylic acids is 1. The van der Waals surface area contributed by atoms with Crippen LogP contribution in [0.4, 0.5) is 0 Å². The third kappa shape index (κ3) is 8.93. The summed E-state index contributed by atoms with van der Waals surface area (Å²) < 4.78 is 9.80. The van der Waals surface area contributed by atoms with Gasteiger partial charge in [0, 0.05) is 41.5 Å². The van der Waals surface area contributed by atoms with Crippen molar-refractivity contribution in [3.8, 4) is 11.5 Å². The Morgan fingerprint density at radius 2 is 1.19 bits per heavy atom. The molecule has 0 saturated carbocycles. The summed E-state index contributed by atoms with van der Waals surface area (Å²) in [6.45, 7) is 6.43. The average Bonchev–Trinajstić information content (AvgIpc) is 2.77. The minimum atomic E-state index is -1.03. The number of fused-ring (bicyclic) bond motifs is 2. The molecule has 0 bridgehead atoms. The van der Waals surface area contributed by atoms with E-state index in [1.165, 1.54) is 36.4 Å². The van der Waals surface area contributed by atoms with E-state index in [2.05, 4.69) is 20.8 Å². The largest absolute Gasteiger partial charge is 0.508 e. The summed E-state index contributed by atoms with van der Waals surface area (Å²) in [5.41, 5.74) is 5.43. The molecule has 2 aromatic carbocycles. The fourth-order valence-electron chi connectivity index (χ4n) is 3.18. The van der Waals surface area contributed by atoms with E-state index in [-0.39, 0.29) is 47.8 Å². The molecular formula is C27H29NO9. The molecule has 0 unspecified atom stereocenters. The molecule has 0 atom stereocenters. The van der Waals surface area contributed by atoms with Crippen molar-refractivity contribution in [2.24, 2.45) is 11.7 Å². The van der Waals surface area contributed by atoms with E-state index in [0.717, 1.165) is 12.0 Å². The van der Waals surface area contributed by atoms with Crippen LogP contribution in [0.1, 0.15) is 31.9 Å². The number of aliphatic carboxylic acids is 1. The first-order valence-electron chi connectivity index (χ1n) is 11.3. The second-order valence-corrected chi connectivity index (χ2v) is 8.76. The lowest BCUT2D eigenvalue weighted by atomic mass is 10.0. The van der Waals surface area contributed by atoms with Crippen LogP contribution in [0.2, 0.25) is 0 Å². The molecule has 2 aromatic heterocycles. The summed E-state index contributed by atoms with van der Waals surface area (Å²) in [6.07, 6.45) is -0.170. The molecule has 5 N–H and O–H groups in total. The van der Waals surface area contributed by atoms with Crippen LogP contribution >= 0.6 is 0 Å². The lowest BCUT2D eigenvalue weighted by Crippen LogP contribution is -2.16. The van der Waals surface area contributed by atoms with Crippen LogP contribution in [0.5, 0.6) is 11.5 Å². The standard InChI is InChI=1S/C12H11NO4.C11H8O5.C4H10/c13-6-9(15)3-7-4-12(16)17-11-5-8(14)1-2-10(7)11;12-7-1-2-8-6(3-10(13)14)4-11(15)16-9(8)5-7;1-4(2)3/h1-2,4-5,14H,3,6,13H2;1-2,4-5,12H,3H2,(H,13,14);4H,1-3H3. The first-order chi connectivity index (χ1) is 17.4. The molecule has 10 heteroatoms. The van der Waals surface area contributed by atoms with Gasteiger partial charge in [0.1, 0.15) is 22.7 Å². The van der Waals surface area contributed by atoms with Crippen molar-refractivity contribution in [1.29, 1.82) is 0 Å². The first kappa shape index (κ1) is 28.8. The van der Waals surface area contributed by atoms with Gasteiger partial charge < -0.3 is 29.9 Å². The predicted molar refractivity (Wildman–Crippen MR) is 138 cm³/mol. The molecule has 0 radical (unpaired) electrons. The van der Waals surface area contributed by atoms with E-state index >= 15 is 0 Å². The maximum Gasteiger partial charge on any atom is 0.336 e. The van der Waals surface area contributed by atoms with Gasteiger partial charge in [-0.1, -0.05) is 20.8 Å². The minimum absolute atomic E-state index is 0.00273. The number of carbonyl (C=O) groups is 2. The summed E-state index contributed by atoms with van der Waals surface area (Å²) in [5.74, 6) is -0.393. The van der Waals surface area contributed by atoms with Gasteiger partial charge in [0.25, 0.3) is 0 Å². The molecule has 4 aromatic rings. The maximum atomic E-state index is 11.3. The zero-order valence-electron chi connectivity index (χ0n) is 20.7. The molecule has 0 spiro atoms. The van der Waals surface area contributed by atoms with Gasteiger partial charge in [-0.15, -0.1) is 0 Å². The van der Waals surface area contributed by atoms with Crippen molar-refractivity contribution in [2.75, 3.05) is 6.54 Å². The molecule has 0 aliphatic rings. The van der Waals surface area contributed by atoms with Gasteiger partial charge in [-0.3, -0.25) is 9.59 Å². The van der Waals surface area contributed by atoms with Crippen LogP contribution in [-0.4, -0.2) is 33.6 Å². The summed E-state index contributed by atoms with van der Waals surface area (Å²) in [6, 6.07) is 11.0. The number of hydrogen-bond acceptors (Lipinski definition) is 9. The number of hydrogen-bond donors (Lipinski definition) is 4. The number of ketones is 1. The van der Waals surface area contributed by atoms with Gasteiger partial charge in [-0.25, -0.2) is 9.59 Å². The summed E-state index contributed by atoms with van der Waals surface area (Å²) in [7, 11) is 0. The highest BCUT2D eigenvalue weighted by molar-refractivity contribution is 5.89. The van der Waals surface area contributed by atoms with Gasteiger partial charge in [-0.2, -0.15) is 0 Å². The molecule has 2 heterocycles. The quantitative estimate of drug-likeness (QED) is 0.290. The minimum Gasteiger partial charge on any atom is -0.508 e. The smallest absolute Gasteiger partial charge is 0.336 e. The van der Waals surface area contributed by atoms with Crippen molar-refractivity contribution in [3.05, 3.63) is 80.5 Å². The normalized spacial score (nSPS) is 10.4. The number of rotatable bonds is 5. The van der Waals surface area contributed by atoms with Crippen LogP contribution in [-0.2, 0) is 22.4 Å². The Hall–Kier alpha value is -4.44. The lowest BCUT2D eigenvalue weighted by molar-refractivity contribution is -0.136. The van der Waals surface area contributed by atoms with Crippen molar-refractivity contribution in [3.63, 3.8) is 0 Å². The Morgan fingerprint density at radius 1 is 0.784 bits per heavy atom. The molecule has 37 heavy (non-hydrogen) atoms. The van der Waals surface area contributed by atoms with Crippen molar-refractivity contribution < 1.29 is 33.7 Å². The first-order valence-corrected chi connectivity index (χ1v) is 11.3. The zero-order chi connectivity index (χ0) is 27.7. The average molecular weight is 512 g/mol. The molecule has 0 aliphatic heterocycles. The van der Waals surface area contributed by atoms with Crippen molar-refractivity contribution in [2.45, 2.75) is 33.6 Å². The molecule has 0 amide bonds. The number of Topliss-reactive ketones (excluding diaryl/α,β-unsaturated/α-hetero) is 1. The Labute approximate surface area is 211 Å². The molecular weight excluding hydrogens is 482 g/mol. The van der Waals surface area contributed by atoms with E-state index in [1.54, 1.807) is 6.07 Å². The van der Waals surface area contributed by atoms with E-state index in [4.69, 9.17) is 19.7 Å². The van der Waals surface area contributed by atoms with Crippen LogP contribution in [0.15, 0.2) is 67.0 Å². The Balaban J connectivity index is 0.000000228. The fourth-order valence-corrected chi connectivity index (χ4v) is 3.18. The van der Waals surface area contributed by atoms with E-state index in [9.17, 15) is 29.4 Å². The molecule has 10 nitrogen and oxygen atoms in total. The Bertz CT molecular complexity index is 1510. The Morgan fingerprint density at radius 3 is 1.57 bits per heavy atom. The fraction of sp³-hybridized carbons (Fsp3) is 0.259. The van der Waals surface area contributed by atoms with Crippen LogP contribution in [0.25, 0.3) is 21.9 Å². The highest BCUT2D eigenvalue weighted by atomic mass is 16.4. The third-order valence-electron chi connectivity index (χ3n) is 4.58. The number of phenolic OH excluding ortho intramolecular Hbond substituents is 2. The summed E-state index contributed by atoms with van der Waals surface area (Å²) in [5, 5.41) is 28.3. The second kappa shape index (κ2) is 13.0. The van der Waals surface area contributed by atoms with Gasteiger partial charge in [0.05, 0.1) is 13.0 Å². The van der Waals surface area contributed by atoms with Gasteiger partial charge in [0.2, 0.25) is 0 Å². The third-order valence-corrected chi connectivity index (χ3v) is 4.58. The van der Waals surface area contributed by atoms with Crippen LogP contribution in [0, 0.1) is 5.92 Å². The number of carboxylic acid groups (broad SMARTS) is 1. The second-order valence-electron chi connectivity index (χ2n) is 8.76. The van der Waals surface area contributed by atoms with Crippen LogP contribution < -0.4 is 17.0 Å². The van der Waals surface area contributed by atoms with E-state index < -0.39 is 17.2 Å². The van der Waals surface area contributed by atoms with Gasteiger partial charge >= 0.3 is 17.2 Å². The van der Waals surface area contributed by atoms with Crippen molar-refractivity contribution in [1.82, 2.24) is 0 Å². The van der Waals surface area contributed by atoms with Gasteiger partial charge in [0.15, 0.2) is 5.78 Å². The number of phenols is 2. The highest BCUT2D eigenvalue weighted by Crippen LogP contribution is 2.23. The van der Waals surface area contributed by atoms with E-state index in [0.29, 0.717) is 21.9 Å². The number of carbonyl (C=O) groups excluding carboxylic acids is 1. The lowest BCUT2D eigenvalue weighted by Gasteiger charge is -2.04. The highest BCUT2D eigenvalue weighted by Gasteiger charge is 2.10. The number of benzene rings is 2. The zero-order valence-corrected chi connectivity index (χ0v) is 20.7. The SMILES string of the molecule is CC(C)C.NCC(=O)Cc1cc(=O)oc2cc(O)ccc12.O=C(O)Cc1cc(=O)oc2cc(O)ccc12. The number of aromatic hydroxyl groups is 2. The molecule has 4 rings (SSSR count). The van der Waals surface area contributed by atoms with Gasteiger partial charge in [-0.05, 0) is 41.3 Å². The monoisotopic (exact) mass is 511 g/mol. The van der Waals surface area contributed by atoms with E-state index in [1.807, 2.05) is 0 Å². The maximum absolute atomic E-state index is 11.3. The molecule has 196 valence electrons. The Kier molecular flexibility index (Phi) is 10.1.